The Morgan fingerprint density at radius 3 is 2.13 bits per heavy atom. The summed E-state index contributed by atoms with van der Waals surface area (Å²) in [5.41, 5.74) is 3.42. The van der Waals surface area contributed by atoms with Crippen LogP contribution in [0.1, 0.15) is 54.9 Å². The van der Waals surface area contributed by atoms with Gasteiger partial charge >= 0.3 is 0 Å². The fourth-order valence-electron chi connectivity index (χ4n) is 6.88. The number of hydrogen-bond donors (Lipinski definition) is 1. The predicted octanol–water partition coefficient (Wildman–Crippen LogP) is 6.02. The SMILES string of the molecule is Cc1nc(C(=O)NC23CC4CC(CC(C4)C2)C3)c(-c2ccccc2-c2ccccc2)o1. The second kappa shape index (κ2) is 7.08. The van der Waals surface area contributed by atoms with Gasteiger partial charge in [-0.2, -0.15) is 0 Å². The summed E-state index contributed by atoms with van der Waals surface area (Å²) in [6.07, 6.45) is 7.43. The Bertz CT molecular complexity index is 1100. The van der Waals surface area contributed by atoms with E-state index >= 15 is 0 Å². The summed E-state index contributed by atoms with van der Waals surface area (Å²) in [4.78, 5) is 18.1. The Morgan fingerprint density at radius 1 is 0.903 bits per heavy atom. The average Bonchev–Trinajstić information content (AvgIpc) is 3.15. The van der Waals surface area contributed by atoms with E-state index in [4.69, 9.17) is 4.42 Å². The number of rotatable bonds is 4. The van der Waals surface area contributed by atoms with Crippen molar-refractivity contribution in [1.82, 2.24) is 10.3 Å². The van der Waals surface area contributed by atoms with Crippen LogP contribution in [0.2, 0.25) is 0 Å². The minimum atomic E-state index is -0.0864. The van der Waals surface area contributed by atoms with E-state index < -0.39 is 0 Å². The third-order valence-electron chi connectivity index (χ3n) is 7.62. The van der Waals surface area contributed by atoms with Crippen LogP contribution >= 0.6 is 0 Å². The highest BCUT2D eigenvalue weighted by atomic mass is 16.4. The molecule has 0 radical (unpaired) electrons. The van der Waals surface area contributed by atoms with Gasteiger partial charge in [0.2, 0.25) is 0 Å². The largest absolute Gasteiger partial charge is 0.440 e. The predicted molar refractivity (Wildman–Crippen MR) is 120 cm³/mol. The molecule has 31 heavy (non-hydrogen) atoms. The Labute approximate surface area is 183 Å². The van der Waals surface area contributed by atoms with Gasteiger partial charge in [-0.25, -0.2) is 4.98 Å². The lowest BCUT2D eigenvalue weighted by Gasteiger charge is -2.56. The first kappa shape index (κ1) is 18.9. The van der Waals surface area contributed by atoms with Gasteiger partial charge in [0.15, 0.2) is 17.3 Å². The maximum atomic E-state index is 13.6. The lowest BCUT2D eigenvalue weighted by atomic mass is 9.53. The zero-order valence-electron chi connectivity index (χ0n) is 17.9. The van der Waals surface area contributed by atoms with Gasteiger partial charge in [-0.15, -0.1) is 0 Å². The summed E-state index contributed by atoms with van der Waals surface area (Å²) in [6.45, 7) is 1.82. The van der Waals surface area contributed by atoms with Crippen LogP contribution in [0.4, 0.5) is 0 Å². The molecule has 0 saturated heterocycles. The summed E-state index contributed by atoms with van der Waals surface area (Å²) in [6, 6.07) is 18.3. The van der Waals surface area contributed by atoms with Gasteiger partial charge in [0.1, 0.15) is 0 Å². The van der Waals surface area contributed by atoms with Gasteiger partial charge in [0.05, 0.1) is 0 Å². The van der Waals surface area contributed by atoms with Crippen LogP contribution in [0.3, 0.4) is 0 Å². The molecule has 4 aliphatic carbocycles. The van der Waals surface area contributed by atoms with Gasteiger partial charge in [-0.05, 0) is 67.4 Å². The van der Waals surface area contributed by atoms with Crippen molar-refractivity contribution in [3.8, 4) is 22.5 Å². The summed E-state index contributed by atoms with van der Waals surface area (Å²) >= 11 is 0. The van der Waals surface area contributed by atoms with Crippen molar-refractivity contribution >= 4 is 5.91 Å². The average molecular weight is 413 g/mol. The monoisotopic (exact) mass is 412 g/mol. The molecule has 4 saturated carbocycles. The number of hydrogen-bond acceptors (Lipinski definition) is 3. The van der Waals surface area contributed by atoms with Crippen LogP contribution in [0.5, 0.6) is 0 Å². The van der Waals surface area contributed by atoms with Gasteiger partial charge < -0.3 is 9.73 Å². The molecule has 158 valence electrons. The van der Waals surface area contributed by atoms with Crippen LogP contribution in [-0.2, 0) is 0 Å². The number of oxazole rings is 1. The molecule has 0 unspecified atom stereocenters. The molecule has 4 aliphatic rings. The van der Waals surface area contributed by atoms with E-state index in [0.29, 0.717) is 17.3 Å². The van der Waals surface area contributed by atoms with E-state index in [2.05, 4.69) is 28.5 Å². The first-order valence-electron chi connectivity index (χ1n) is 11.5. The number of carbonyl (C=O) groups excluding carboxylic acids is 1. The molecule has 1 N–H and O–H groups in total. The second-order valence-electron chi connectivity index (χ2n) is 9.97. The maximum Gasteiger partial charge on any atom is 0.274 e. The van der Waals surface area contributed by atoms with E-state index in [-0.39, 0.29) is 11.4 Å². The topological polar surface area (TPSA) is 55.1 Å². The number of nitrogens with zero attached hydrogens (tertiary/aromatic N) is 1. The number of nitrogens with one attached hydrogen (secondary N) is 1. The number of carbonyl (C=O) groups is 1. The van der Waals surface area contributed by atoms with Crippen molar-refractivity contribution < 1.29 is 9.21 Å². The van der Waals surface area contributed by atoms with Crippen molar-refractivity contribution in [3.63, 3.8) is 0 Å². The molecule has 7 rings (SSSR count). The molecule has 4 heteroatoms. The van der Waals surface area contributed by atoms with Crippen molar-refractivity contribution in [2.24, 2.45) is 17.8 Å². The first-order valence-corrected chi connectivity index (χ1v) is 11.5. The molecule has 0 atom stereocenters. The summed E-state index contributed by atoms with van der Waals surface area (Å²) in [7, 11) is 0. The lowest BCUT2D eigenvalue weighted by molar-refractivity contribution is -0.0167. The normalized spacial score (nSPS) is 28.6. The zero-order valence-corrected chi connectivity index (χ0v) is 17.9. The Balaban J connectivity index is 1.36. The Morgan fingerprint density at radius 2 is 1.48 bits per heavy atom. The molecule has 0 aliphatic heterocycles. The summed E-state index contributed by atoms with van der Waals surface area (Å²) in [5, 5.41) is 3.46. The fourth-order valence-corrected chi connectivity index (χ4v) is 6.88. The molecular weight excluding hydrogens is 384 g/mol. The van der Waals surface area contributed by atoms with Gasteiger partial charge in [-0.1, -0.05) is 54.6 Å². The van der Waals surface area contributed by atoms with E-state index in [1.54, 1.807) is 0 Å². The summed E-state index contributed by atoms with van der Waals surface area (Å²) < 4.78 is 6.03. The van der Waals surface area contributed by atoms with Gasteiger partial charge in [-0.3, -0.25) is 4.79 Å². The number of amides is 1. The van der Waals surface area contributed by atoms with Crippen molar-refractivity contribution in [2.75, 3.05) is 0 Å². The van der Waals surface area contributed by atoms with Crippen LogP contribution in [0.25, 0.3) is 22.5 Å². The highest BCUT2D eigenvalue weighted by Crippen LogP contribution is 2.55. The first-order chi connectivity index (χ1) is 15.1. The minimum absolute atomic E-state index is 0.0467. The third-order valence-corrected chi connectivity index (χ3v) is 7.62. The molecule has 4 fully saturated rings. The quantitative estimate of drug-likeness (QED) is 0.570. The zero-order chi connectivity index (χ0) is 21.0. The molecule has 3 aromatic rings. The van der Waals surface area contributed by atoms with Crippen molar-refractivity contribution in [1.29, 1.82) is 0 Å². The van der Waals surface area contributed by atoms with E-state index in [1.165, 1.54) is 19.3 Å². The smallest absolute Gasteiger partial charge is 0.274 e. The molecular formula is C27H28N2O2. The van der Waals surface area contributed by atoms with Crippen molar-refractivity contribution in [2.45, 2.75) is 51.0 Å². The van der Waals surface area contributed by atoms with Gasteiger partial charge in [0, 0.05) is 18.0 Å². The number of aromatic nitrogens is 1. The minimum Gasteiger partial charge on any atom is -0.440 e. The van der Waals surface area contributed by atoms with Crippen LogP contribution < -0.4 is 5.32 Å². The molecule has 4 nitrogen and oxygen atoms in total. The van der Waals surface area contributed by atoms with E-state index in [1.807, 2.05) is 43.3 Å². The Hall–Kier alpha value is -2.88. The van der Waals surface area contributed by atoms with Crippen LogP contribution in [0.15, 0.2) is 59.0 Å². The molecule has 1 heterocycles. The number of benzene rings is 2. The Kier molecular flexibility index (Phi) is 4.31. The molecule has 2 aromatic carbocycles. The van der Waals surface area contributed by atoms with Crippen LogP contribution in [-0.4, -0.2) is 16.4 Å². The maximum absolute atomic E-state index is 13.6. The van der Waals surface area contributed by atoms with Crippen LogP contribution in [0, 0.1) is 24.7 Å². The number of aryl methyl sites for hydroxylation is 1. The van der Waals surface area contributed by atoms with E-state index in [9.17, 15) is 4.79 Å². The fraction of sp³-hybridized carbons (Fsp3) is 0.407. The highest BCUT2D eigenvalue weighted by Gasteiger charge is 2.51. The molecule has 1 amide bonds. The second-order valence-corrected chi connectivity index (χ2v) is 9.97. The lowest BCUT2D eigenvalue weighted by Crippen LogP contribution is -2.59. The third kappa shape index (κ3) is 3.29. The van der Waals surface area contributed by atoms with Gasteiger partial charge in [0.25, 0.3) is 5.91 Å². The standard InChI is InChI=1S/C27H28N2O2/c1-17-28-24(26(30)29-27-14-18-11-19(15-27)13-20(12-18)16-27)25(31-17)23-10-6-5-9-22(23)21-7-3-2-4-8-21/h2-10,18-20H,11-16H2,1H3,(H,29,30). The highest BCUT2D eigenvalue weighted by molar-refractivity contribution is 6.00. The van der Waals surface area contributed by atoms with Crippen molar-refractivity contribution in [3.05, 3.63) is 66.2 Å². The van der Waals surface area contributed by atoms with E-state index in [0.717, 1.165) is 53.7 Å². The summed E-state index contributed by atoms with van der Waals surface area (Å²) in [5.74, 6) is 3.35. The molecule has 0 spiro atoms. The molecule has 1 aromatic heterocycles. The molecule has 4 bridgehead atoms.